The molecule has 118 valence electrons. The summed E-state index contributed by atoms with van der Waals surface area (Å²) in [5.74, 6) is 1.70. The second-order valence-corrected chi connectivity index (χ2v) is 5.95. The number of rotatable bonds is 4. The van der Waals surface area contributed by atoms with Crippen LogP contribution in [0.5, 0.6) is 0 Å². The summed E-state index contributed by atoms with van der Waals surface area (Å²) in [6.07, 6.45) is 7.59. The zero-order chi connectivity index (χ0) is 16.0. The topological polar surface area (TPSA) is 90.0 Å². The first kappa shape index (κ1) is 13.9. The molecule has 3 aromatic rings. The van der Waals surface area contributed by atoms with Gasteiger partial charge in [0.25, 0.3) is 11.7 Å². The van der Waals surface area contributed by atoms with Crippen LogP contribution in [0.15, 0.2) is 24.7 Å². The molecule has 4 rings (SSSR count). The molecule has 8 heteroatoms. The minimum Gasteiger partial charge on any atom is -0.339 e. The highest BCUT2D eigenvalue weighted by Gasteiger charge is 2.36. The van der Waals surface area contributed by atoms with Crippen LogP contribution in [0.2, 0.25) is 0 Å². The van der Waals surface area contributed by atoms with Crippen molar-refractivity contribution in [2.24, 2.45) is 13.0 Å². The predicted molar refractivity (Wildman–Crippen MR) is 81.7 cm³/mol. The summed E-state index contributed by atoms with van der Waals surface area (Å²) in [4.78, 5) is 21.3. The van der Waals surface area contributed by atoms with Crippen LogP contribution in [0, 0.1) is 12.8 Å². The molecule has 3 heterocycles. The highest BCUT2D eigenvalue weighted by molar-refractivity contribution is 5.91. The second-order valence-electron chi connectivity index (χ2n) is 5.95. The summed E-state index contributed by atoms with van der Waals surface area (Å²) in [7, 11) is 1.93. The van der Waals surface area contributed by atoms with Gasteiger partial charge in [-0.1, -0.05) is 0 Å². The Kier molecular flexibility index (Phi) is 3.10. The lowest BCUT2D eigenvalue weighted by Gasteiger charge is -2.17. The first-order valence-corrected chi connectivity index (χ1v) is 7.60. The molecule has 0 aromatic carbocycles. The van der Waals surface area contributed by atoms with Crippen LogP contribution >= 0.6 is 0 Å². The Morgan fingerprint density at radius 1 is 1.35 bits per heavy atom. The Labute approximate surface area is 132 Å². The SMILES string of the molecule is Cc1ccn2c(C(=O)N[C@@H](c3nccn3C)C3CC3)nnc2n1. The van der Waals surface area contributed by atoms with E-state index in [1.807, 2.05) is 30.8 Å². The fourth-order valence-electron chi connectivity index (χ4n) is 2.73. The van der Waals surface area contributed by atoms with E-state index in [1.54, 1.807) is 16.8 Å². The maximum atomic E-state index is 12.7. The van der Waals surface area contributed by atoms with E-state index in [0.717, 1.165) is 24.4 Å². The van der Waals surface area contributed by atoms with E-state index < -0.39 is 0 Å². The van der Waals surface area contributed by atoms with Crippen molar-refractivity contribution in [3.05, 3.63) is 42.0 Å². The average molecular weight is 311 g/mol. The van der Waals surface area contributed by atoms with Crippen LogP contribution in [0.25, 0.3) is 5.78 Å². The molecule has 8 nitrogen and oxygen atoms in total. The van der Waals surface area contributed by atoms with Gasteiger partial charge in [-0.05, 0) is 31.7 Å². The van der Waals surface area contributed by atoms with Crippen molar-refractivity contribution in [1.29, 1.82) is 0 Å². The molecule has 1 saturated carbocycles. The van der Waals surface area contributed by atoms with Crippen molar-refractivity contribution in [2.75, 3.05) is 0 Å². The zero-order valence-corrected chi connectivity index (χ0v) is 13.0. The zero-order valence-electron chi connectivity index (χ0n) is 13.0. The molecule has 0 radical (unpaired) electrons. The number of nitrogens with one attached hydrogen (secondary N) is 1. The Morgan fingerprint density at radius 2 is 2.17 bits per heavy atom. The second kappa shape index (κ2) is 5.15. The van der Waals surface area contributed by atoms with E-state index in [4.69, 9.17) is 0 Å². The minimum atomic E-state index is -0.261. The van der Waals surface area contributed by atoms with Gasteiger partial charge in [0.1, 0.15) is 5.82 Å². The maximum absolute atomic E-state index is 12.7. The van der Waals surface area contributed by atoms with Gasteiger partial charge in [-0.25, -0.2) is 9.97 Å². The molecule has 1 amide bonds. The number of hydrogen-bond acceptors (Lipinski definition) is 5. The van der Waals surface area contributed by atoms with Crippen molar-refractivity contribution in [3.8, 4) is 0 Å². The standard InChI is InChI=1S/C15H17N7O/c1-9-5-7-22-13(19-20-15(22)17-9)14(23)18-11(10-3-4-10)12-16-6-8-21(12)2/h5-8,10-11H,3-4H2,1-2H3,(H,18,23)/t11-/m1/s1. The summed E-state index contributed by atoms with van der Waals surface area (Å²) < 4.78 is 3.54. The van der Waals surface area contributed by atoms with Gasteiger partial charge < -0.3 is 9.88 Å². The number of aryl methyl sites for hydroxylation is 2. The molecule has 1 fully saturated rings. The summed E-state index contributed by atoms with van der Waals surface area (Å²) in [5.41, 5.74) is 0.834. The molecule has 0 saturated heterocycles. The lowest BCUT2D eigenvalue weighted by atomic mass is 10.1. The molecule has 1 atom stereocenters. The van der Waals surface area contributed by atoms with Gasteiger partial charge in [-0.2, -0.15) is 0 Å². The van der Waals surface area contributed by atoms with E-state index in [1.165, 1.54) is 0 Å². The number of nitrogens with zero attached hydrogens (tertiary/aromatic N) is 6. The quantitative estimate of drug-likeness (QED) is 0.777. The number of amides is 1. The number of carbonyl (C=O) groups is 1. The van der Waals surface area contributed by atoms with Crippen molar-refractivity contribution in [2.45, 2.75) is 25.8 Å². The lowest BCUT2D eigenvalue weighted by molar-refractivity contribution is 0.0917. The number of carbonyl (C=O) groups excluding carboxylic acids is 1. The van der Waals surface area contributed by atoms with Crippen molar-refractivity contribution in [3.63, 3.8) is 0 Å². The molecule has 3 aromatic heterocycles. The van der Waals surface area contributed by atoms with E-state index in [0.29, 0.717) is 11.7 Å². The van der Waals surface area contributed by atoms with Crippen LogP contribution in [0.4, 0.5) is 0 Å². The van der Waals surface area contributed by atoms with Crippen molar-refractivity contribution in [1.82, 2.24) is 34.4 Å². The third-order valence-corrected chi connectivity index (χ3v) is 4.14. The van der Waals surface area contributed by atoms with Crippen LogP contribution in [-0.4, -0.2) is 35.0 Å². The van der Waals surface area contributed by atoms with Gasteiger partial charge in [0, 0.05) is 31.3 Å². The number of hydrogen-bond donors (Lipinski definition) is 1. The monoisotopic (exact) mass is 311 g/mol. The van der Waals surface area contributed by atoms with Gasteiger partial charge in [0.15, 0.2) is 0 Å². The molecule has 0 aliphatic heterocycles. The largest absolute Gasteiger partial charge is 0.339 e. The van der Waals surface area contributed by atoms with Crippen LogP contribution in [-0.2, 0) is 7.05 Å². The molecule has 1 aliphatic rings. The Balaban J connectivity index is 1.64. The first-order valence-electron chi connectivity index (χ1n) is 7.60. The Bertz CT molecular complexity index is 877. The molecular formula is C15H17N7O. The van der Waals surface area contributed by atoms with Gasteiger partial charge >= 0.3 is 0 Å². The third-order valence-electron chi connectivity index (χ3n) is 4.14. The van der Waals surface area contributed by atoms with E-state index >= 15 is 0 Å². The van der Waals surface area contributed by atoms with Crippen LogP contribution in [0.3, 0.4) is 0 Å². The van der Waals surface area contributed by atoms with E-state index in [2.05, 4.69) is 25.5 Å². The highest BCUT2D eigenvalue weighted by atomic mass is 16.2. The van der Waals surface area contributed by atoms with Gasteiger partial charge in [0.2, 0.25) is 5.82 Å². The van der Waals surface area contributed by atoms with Gasteiger partial charge in [0.05, 0.1) is 6.04 Å². The smallest absolute Gasteiger partial charge is 0.290 e. The van der Waals surface area contributed by atoms with Gasteiger partial charge in [-0.15, -0.1) is 10.2 Å². The van der Waals surface area contributed by atoms with Gasteiger partial charge in [-0.3, -0.25) is 9.20 Å². The fourth-order valence-corrected chi connectivity index (χ4v) is 2.73. The normalized spacial score (nSPS) is 15.7. The molecule has 23 heavy (non-hydrogen) atoms. The summed E-state index contributed by atoms with van der Waals surface area (Å²) in [6, 6.07) is 1.72. The predicted octanol–water partition coefficient (Wildman–Crippen LogP) is 1.05. The molecule has 1 aliphatic carbocycles. The number of aromatic nitrogens is 6. The maximum Gasteiger partial charge on any atom is 0.290 e. The molecule has 0 unspecified atom stereocenters. The van der Waals surface area contributed by atoms with Crippen LogP contribution < -0.4 is 5.32 Å². The lowest BCUT2D eigenvalue weighted by Crippen LogP contribution is -2.32. The average Bonchev–Trinajstić information content (AvgIpc) is 3.15. The Morgan fingerprint density at radius 3 is 2.87 bits per heavy atom. The third kappa shape index (κ3) is 2.45. The molecule has 0 spiro atoms. The summed E-state index contributed by atoms with van der Waals surface area (Å²) in [5, 5.41) is 11.0. The highest BCUT2D eigenvalue weighted by Crippen LogP contribution is 2.40. The van der Waals surface area contributed by atoms with Crippen molar-refractivity contribution >= 4 is 11.7 Å². The fraction of sp³-hybridized carbons (Fsp3) is 0.400. The number of imidazole rings is 1. The first-order chi connectivity index (χ1) is 11.1. The molecule has 0 bridgehead atoms. The molecular weight excluding hydrogens is 294 g/mol. The van der Waals surface area contributed by atoms with Crippen LogP contribution in [0.1, 0.15) is 41.0 Å². The summed E-state index contributed by atoms with van der Waals surface area (Å²) in [6.45, 7) is 1.87. The number of fused-ring (bicyclic) bond motifs is 1. The summed E-state index contributed by atoms with van der Waals surface area (Å²) >= 11 is 0. The Hall–Kier alpha value is -2.77. The van der Waals surface area contributed by atoms with E-state index in [-0.39, 0.29) is 17.8 Å². The van der Waals surface area contributed by atoms with Crippen molar-refractivity contribution < 1.29 is 4.79 Å². The minimum absolute atomic E-state index is 0.103. The van der Waals surface area contributed by atoms with E-state index in [9.17, 15) is 4.79 Å². The molecule has 1 N–H and O–H groups in total.